The SMILES string of the molecule is CC(=O)c1ccc(S(=O)(=O)NCC2(O)CCCC2)cc1. The lowest BCUT2D eigenvalue weighted by molar-refractivity contribution is 0.0531. The van der Waals surface area contributed by atoms with E-state index in [1.165, 1.54) is 31.2 Å². The molecule has 1 saturated carbocycles. The van der Waals surface area contributed by atoms with Crippen LogP contribution in [0, 0.1) is 0 Å². The highest BCUT2D eigenvalue weighted by Crippen LogP contribution is 2.29. The van der Waals surface area contributed by atoms with Crippen molar-refractivity contribution in [3.63, 3.8) is 0 Å². The minimum Gasteiger partial charge on any atom is -0.389 e. The van der Waals surface area contributed by atoms with Crippen molar-refractivity contribution in [3.05, 3.63) is 29.8 Å². The number of hydrogen-bond acceptors (Lipinski definition) is 4. The molecule has 1 aliphatic rings. The van der Waals surface area contributed by atoms with Gasteiger partial charge in [-0.25, -0.2) is 13.1 Å². The highest BCUT2D eigenvalue weighted by molar-refractivity contribution is 7.89. The van der Waals surface area contributed by atoms with E-state index in [9.17, 15) is 18.3 Å². The molecule has 0 atom stereocenters. The molecule has 2 N–H and O–H groups in total. The van der Waals surface area contributed by atoms with Crippen LogP contribution in [-0.2, 0) is 10.0 Å². The quantitative estimate of drug-likeness (QED) is 0.806. The molecule has 2 rings (SSSR count). The minimum absolute atomic E-state index is 0.0315. The first kappa shape index (κ1) is 15.2. The van der Waals surface area contributed by atoms with E-state index in [0.717, 1.165) is 12.8 Å². The number of Topliss-reactive ketones (excluding diaryl/α,β-unsaturated/α-hetero) is 1. The topological polar surface area (TPSA) is 83.5 Å². The van der Waals surface area contributed by atoms with Crippen LogP contribution >= 0.6 is 0 Å². The Labute approximate surface area is 119 Å². The summed E-state index contributed by atoms with van der Waals surface area (Å²) in [5.74, 6) is -0.109. The highest BCUT2D eigenvalue weighted by atomic mass is 32.2. The van der Waals surface area contributed by atoms with Crippen LogP contribution in [0.15, 0.2) is 29.2 Å². The second-order valence-electron chi connectivity index (χ2n) is 5.34. The molecule has 1 aliphatic carbocycles. The normalized spacial score (nSPS) is 18.1. The van der Waals surface area contributed by atoms with Gasteiger partial charge in [0.15, 0.2) is 5.78 Å². The van der Waals surface area contributed by atoms with Gasteiger partial charge in [0.25, 0.3) is 0 Å². The van der Waals surface area contributed by atoms with Crippen LogP contribution in [0.5, 0.6) is 0 Å². The number of hydrogen-bond donors (Lipinski definition) is 2. The third-order valence-electron chi connectivity index (χ3n) is 3.70. The third kappa shape index (κ3) is 3.45. The first-order valence-corrected chi connectivity index (χ1v) is 8.14. The largest absolute Gasteiger partial charge is 0.389 e. The fourth-order valence-electron chi connectivity index (χ4n) is 2.39. The lowest BCUT2D eigenvalue weighted by Gasteiger charge is -2.22. The Balaban J connectivity index is 2.08. The molecule has 110 valence electrons. The number of ketones is 1. The molecule has 0 heterocycles. The summed E-state index contributed by atoms with van der Waals surface area (Å²) >= 11 is 0. The summed E-state index contributed by atoms with van der Waals surface area (Å²) in [5.41, 5.74) is -0.453. The van der Waals surface area contributed by atoms with Crippen LogP contribution in [0.4, 0.5) is 0 Å². The molecule has 0 spiro atoms. The summed E-state index contributed by atoms with van der Waals surface area (Å²) in [6.45, 7) is 1.46. The summed E-state index contributed by atoms with van der Waals surface area (Å²) < 4.78 is 26.7. The van der Waals surface area contributed by atoms with E-state index in [4.69, 9.17) is 0 Å². The fourth-order valence-corrected chi connectivity index (χ4v) is 3.51. The van der Waals surface area contributed by atoms with E-state index >= 15 is 0 Å². The molecule has 6 heteroatoms. The molecule has 1 aromatic carbocycles. The van der Waals surface area contributed by atoms with Gasteiger partial charge in [0.05, 0.1) is 10.5 Å². The monoisotopic (exact) mass is 297 g/mol. The first-order chi connectivity index (χ1) is 9.32. The second kappa shape index (κ2) is 5.63. The van der Waals surface area contributed by atoms with Gasteiger partial charge in [0, 0.05) is 12.1 Å². The maximum absolute atomic E-state index is 12.1. The molecule has 0 bridgehead atoms. The lowest BCUT2D eigenvalue weighted by Crippen LogP contribution is -2.40. The molecule has 0 radical (unpaired) electrons. The number of aliphatic hydroxyl groups is 1. The molecule has 0 aromatic heterocycles. The summed E-state index contributed by atoms with van der Waals surface area (Å²) in [5, 5.41) is 10.1. The maximum Gasteiger partial charge on any atom is 0.240 e. The number of rotatable bonds is 5. The molecular weight excluding hydrogens is 278 g/mol. The van der Waals surface area contributed by atoms with E-state index in [1.807, 2.05) is 0 Å². The van der Waals surface area contributed by atoms with E-state index in [1.54, 1.807) is 0 Å². The summed E-state index contributed by atoms with van der Waals surface area (Å²) in [6.07, 6.45) is 3.09. The highest BCUT2D eigenvalue weighted by Gasteiger charge is 2.32. The van der Waals surface area contributed by atoms with Crippen molar-refractivity contribution in [2.24, 2.45) is 0 Å². The second-order valence-corrected chi connectivity index (χ2v) is 7.10. The fraction of sp³-hybridized carbons (Fsp3) is 0.500. The van der Waals surface area contributed by atoms with Crippen LogP contribution < -0.4 is 4.72 Å². The van der Waals surface area contributed by atoms with Crippen molar-refractivity contribution >= 4 is 15.8 Å². The maximum atomic E-state index is 12.1. The predicted octanol–water partition coefficient (Wildman–Crippen LogP) is 1.47. The average molecular weight is 297 g/mol. The van der Waals surface area contributed by atoms with Crippen molar-refractivity contribution < 1.29 is 18.3 Å². The van der Waals surface area contributed by atoms with Crippen molar-refractivity contribution in [3.8, 4) is 0 Å². The molecule has 5 nitrogen and oxygen atoms in total. The minimum atomic E-state index is -3.65. The van der Waals surface area contributed by atoms with Gasteiger partial charge in [-0.2, -0.15) is 0 Å². The Kier molecular flexibility index (Phi) is 4.27. The van der Waals surface area contributed by atoms with Gasteiger partial charge in [-0.05, 0) is 31.9 Å². The Hall–Kier alpha value is -1.24. The molecule has 0 aliphatic heterocycles. The van der Waals surface area contributed by atoms with Crippen LogP contribution in [0.1, 0.15) is 43.0 Å². The lowest BCUT2D eigenvalue weighted by atomic mass is 10.0. The molecule has 1 aromatic rings. The van der Waals surface area contributed by atoms with Gasteiger partial charge in [-0.3, -0.25) is 4.79 Å². The number of benzene rings is 1. The standard InChI is InChI=1S/C14H19NO4S/c1-11(16)12-4-6-13(7-5-12)20(18,19)15-10-14(17)8-2-3-9-14/h4-7,15,17H,2-3,8-10H2,1H3. The van der Waals surface area contributed by atoms with E-state index in [-0.39, 0.29) is 17.2 Å². The van der Waals surface area contributed by atoms with Gasteiger partial charge in [-0.15, -0.1) is 0 Å². The Morgan fingerprint density at radius 3 is 2.30 bits per heavy atom. The molecule has 0 saturated heterocycles. The summed E-state index contributed by atoms with van der Waals surface area (Å²) in [4.78, 5) is 11.3. The predicted molar refractivity (Wildman–Crippen MR) is 75.1 cm³/mol. The van der Waals surface area contributed by atoms with Crippen molar-refractivity contribution in [1.82, 2.24) is 4.72 Å². The van der Waals surface area contributed by atoms with E-state index in [2.05, 4.69) is 4.72 Å². The van der Waals surface area contributed by atoms with Crippen LogP contribution in [0.3, 0.4) is 0 Å². The van der Waals surface area contributed by atoms with E-state index in [0.29, 0.717) is 18.4 Å². The Bertz CT molecular complexity index is 586. The Morgan fingerprint density at radius 1 is 1.25 bits per heavy atom. The van der Waals surface area contributed by atoms with Gasteiger partial charge in [-0.1, -0.05) is 25.0 Å². The number of carbonyl (C=O) groups excluding carboxylic acids is 1. The summed E-state index contributed by atoms with van der Waals surface area (Å²) in [7, 11) is -3.65. The van der Waals surface area contributed by atoms with Gasteiger partial charge < -0.3 is 5.11 Å². The average Bonchev–Trinajstić information content (AvgIpc) is 2.84. The summed E-state index contributed by atoms with van der Waals surface area (Å²) in [6, 6.07) is 5.78. The van der Waals surface area contributed by atoms with Crippen molar-refractivity contribution in [1.29, 1.82) is 0 Å². The van der Waals surface area contributed by atoms with Gasteiger partial charge in [0.1, 0.15) is 0 Å². The van der Waals surface area contributed by atoms with Crippen molar-refractivity contribution in [2.45, 2.75) is 43.1 Å². The molecule has 1 fully saturated rings. The molecule has 0 unspecified atom stereocenters. The molecule has 20 heavy (non-hydrogen) atoms. The molecule has 0 amide bonds. The van der Waals surface area contributed by atoms with Crippen LogP contribution in [-0.4, -0.2) is 31.5 Å². The number of nitrogens with one attached hydrogen (secondary N) is 1. The van der Waals surface area contributed by atoms with Gasteiger partial charge >= 0.3 is 0 Å². The van der Waals surface area contributed by atoms with Crippen molar-refractivity contribution in [2.75, 3.05) is 6.54 Å². The van der Waals surface area contributed by atoms with Gasteiger partial charge in [0.2, 0.25) is 10.0 Å². The van der Waals surface area contributed by atoms with E-state index < -0.39 is 15.6 Å². The molecular formula is C14H19NO4S. The van der Waals surface area contributed by atoms with Crippen LogP contribution in [0.25, 0.3) is 0 Å². The Morgan fingerprint density at radius 2 is 1.80 bits per heavy atom. The zero-order chi connectivity index (χ0) is 14.8. The zero-order valence-electron chi connectivity index (χ0n) is 11.4. The zero-order valence-corrected chi connectivity index (χ0v) is 12.2. The number of sulfonamides is 1. The first-order valence-electron chi connectivity index (χ1n) is 6.65. The van der Waals surface area contributed by atoms with Crippen LogP contribution in [0.2, 0.25) is 0 Å². The smallest absolute Gasteiger partial charge is 0.240 e. The third-order valence-corrected chi connectivity index (χ3v) is 5.11. The number of carbonyl (C=O) groups is 1.